The van der Waals surface area contributed by atoms with E-state index in [-0.39, 0.29) is 17.7 Å². The predicted octanol–water partition coefficient (Wildman–Crippen LogP) is 4.89. The Kier molecular flexibility index (Phi) is 5.19. The number of hydrogen-bond donors (Lipinski definition) is 1. The third-order valence-electron chi connectivity index (χ3n) is 4.42. The van der Waals surface area contributed by atoms with E-state index in [1.807, 2.05) is 13.0 Å². The van der Waals surface area contributed by atoms with Gasteiger partial charge in [-0.05, 0) is 56.2 Å². The number of thiazole rings is 1. The first kappa shape index (κ1) is 18.7. The molecule has 2 aromatic heterocycles. The van der Waals surface area contributed by atoms with Crippen molar-refractivity contribution in [2.24, 2.45) is 5.92 Å². The second-order valence-corrected chi connectivity index (χ2v) is 8.26. The molecule has 1 aromatic carbocycles. The van der Waals surface area contributed by atoms with Crippen LogP contribution in [-0.4, -0.2) is 16.8 Å². The molecular weight excluding hydrogens is 398 g/mol. The van der Waals surface area contributed by atoms with E-state index >= 15 is 0 Å². The van der Waals surface area contributed by atoms with Crippen LogP contribution in [0.15, 0.2) is 47.1 Å². The SMILES string of the molecule is Cc1sc(N(Cc2ccco2)C(=O)C2CC2)nc1C(=O)Nc1ccc(Cl)cc1. The van der Waals surface area contributed by atoms with Gasteiger partial charge in [-0.15, -0.1) is 11.3 Å². The lowest BCUT2D eigenvalue weighted by Crippen LogP contribution is -2.31. The number of nitrogens with one attached hydrogen (secondary N) is 1. The molecule has 1 fully saturated rings. The molecule has 0 atom stereocenters. The summed E-state index contributed by atoms with van der Waals surface area (Å²) in [6.07, 6.45) is 3.36. The molecule has 28 heavy (non-hydrogen) atoms. The van der Waals surface area contributed by atoms with E-state index in [1.54, 1.807) is 41.5 Å². The normalized spacial score (nSPS) is 13.4. The van der Waals surface area contributed by atoms with Gasteiger partial charge in [0.05, 0.1) is 12.8 Å². The van der Waals surface area contributed by atoms with Gasteiger partial charge in [-0.25, -0.2) is 4.98 Å². The highest BCUT2D eigenvalue weighted by Crippen LogP contribution is 2.35. The minimum Gasteiger partial charge on any atom is -0.467 e. The Morgan fingerprint density at radius 2 is 2.04 bits per heavy atom. The Labute approximate surface area is 171 Å². The number of anilines is 2. The molecule has 4 rings (SSSR count). The maximum atomic E-state index is 12.8. The number of nitrogens with zero attached hydrogens (tertiary/aromatic N) is 2. The fraction of sp³-hybridized carbons (Fsp3) is 0.250. The number of rotatable bonds is 6. The third-order valence-corrected chi connectivity index (χ3v) is 5.67. The highest BCUT2D eigenvalue weighted by Gasteiger charge is 2.36. The Balaban J connectivity index is 1.57. The molecule has 0 aliphatic heterocycles. The Morgan fingerprint density at radius 1 is 1.29 bits per heavy atom. The maximum Gasteiger partial charge on any atom is 0.275 e. The Hall–Kier alpha value is -2.64. The number of hydrogen-bond acceptors (Lipinski definition) is 5. The van der Waals surface area contributed by atoms with Gasteiger partial charge in [-0.2, -0.15) is 0 Å². The molecule has 0 saturated heterocycles. The summed E-state index contributed by atoms with van der Waals surface area (Å²) in [5, 5.41) is 3.91. The van der Waals surface area contributed by atoms with Crippen LogP contribution in [0, 0.1) is 12.8 Å². The lowest BCUT2D eigenvalue weighted by molar-refractivity contribution is -0.120. The summed E-state index contributed by atoms with van der Waals surface area (Å²) < 4.78 is 5.40. The van der Waals surface area contributed by atoms with Crippen LogP contribution in [0.2, 0.25) is 5.02 Å². The van der Waals surface area contributed by atoms with E-state index in [0.29, 0.717) is 33.8 Å². The van der Waals surface area contributed by atoms with E-state index < -0.39 is 0 Å². The van der Waals surface area contributed by atoms with E-state index in [1.165, 1.54) is 11.3 Å². The largest absolute Gasteiger partial charge is 0.467 e. The minimum absolute atomic E-state index is 0.0230. The van der Waals surface area contributed by atoms with Crippen LogP contribution in [0.25, 0.3) is 0 Å². The fourth-order valence-corrected chi connectivity index (χ4v) is 3.82. The molecule has 0 radical (unpaired) electrons. The Morgan fingerprint density at radius 3 is 2.68 bits per heavy atom. The maximum absolute atomic E-state index is 12.8. The minimum atomic E-state index is -0.320. The molecule has 2 heterocycles. The van der Waals surface area contributed by atoms with E-state index in [9.17, 15) is 9.59 Å². The molecule has 144 valence electrons. The zero-order valence-electron chi connectivity index (χ0n) is 15.1. The summed E-state index contributed by atoms with van der Waals surface area (Å²) in [6, 6.07) is 10.5. The van der Waals surface area contributed by atoms with Gasteiger partial charge in [-0.1, -0.05) is 11.6 Å². The molecule has 1 aliphatic carbocycles. The summed E-state index contributed by atoms with van der Waals surface area (Å²) in [5.74, 6) is 0.411. The van der Waals surface area contributed by atoms with Crippen molar-refractivity contribution in [1.82, 2.24) is 4.98 Å². The molecule has 0 bridgehead atoms. The van der Waals surface area contributed by atoms with E-state index in [0.717, 1.165) is 17.7 Å². The van der Waals surface area contributed by atoms with Crippen molar-refractivity contribution in [3.63, 3.8) is 0 Å². The number of carbonyl (C=O) groups is 2. The molecule has 0 unspecified atom stereocenters. The number of amides is 2. The molecule has 8 heteroatoms. The summed E-state index contributed by atoms with van der Waals surface area (Å²) in [4.78, 5) is 32.3. The van der Waals surface area contributed by atoms with Gasteiger partial charge in [0.1, 0.15) is 11.5 Å². The van der Waals surface area contributed by atoms with Gasteiger partial charge >= 0.3 is 0 Å². The van der Waals surface area contributed by atoms with Crippen molar-refractivity contribution < 1.29 is 14.0 Å². The number of furan rings is 1. The van der Waals surface area contributed by atoms with Crippen molar-refractivity contribution in [2.75, 3.05) is 10.2 Å². The monoisotopic (exact) mass is 415 g/mol. The third kappa shape index (κ3) is 4.10. The van der Waals surface area contributed by atoms with Crippen molar-refractivity contribution in [1.29, 1.82) is 0 Å². The molecule has 0 spiro atoms. The molecular formula is C20H18ClN3O3S. The lowest BCUT2D eigenvalue weighted by atomic mass is 10.3. The van der Waals surface area contributed by atoms with E-state index in [2.05, 4.69) is 10.3 Å². The van der Waals surface area contributed by atoms with Crippen molar-refractivity contribution in [3.8, 4) is 0 Å². The van der Waals surface area contributed by atoms with Crippen LogP contribution >= 0.6 is 22.9 Å². The number of benzene rings is 1. The lowest BCUT2D eigenvalue weighted by Gasteiger charge is -2.18. The summed E-state index contributed by atoms with van der Waals surface area (Å²) in [6.45, 7) is 2.12. The van der Waals surface area contributed by atoms with Crippen LogP contribution in [0.1, 0.15) is 34.0 Å². The smallest absolute Gasteiger partial charge is 0.275 e. The van der Waals surface area contributed by atoms with Crippen molar-refractivity contribution in [3.05, 3.63) is 64.0 Å². The molecule has 1 saturated carbocycles. The standard InChI is InChI=1S/C20H18ClN3O3S/c1-12-17(18(25)22-15-8-6-14(21)7-9-15)23-20(28-12)24(19(26)13-4-5-13)11-16-3-2-10-27-16/h2-3,6-10,13H,4-5,11H2,1H3,(H,22,25). The summed E-state index contributed by atoms with van der Waals surface area (Å²) in [5.41, 5.74) is 0.938. The first-order valence-corrected chi connectivity index (χ1v) is 10.1. The molecule has 2 amide bonds. The average Bonchev–Trinajstić information content (AvgIpc) is 3.27. The number of aryl methyl sites for hydroxylation is 1. The van der Waals surface area contributed by atoms with Crippen LogP contribution in [0.4, 0.5) is 10.8 Å². The number of carbonyl (C=O) groups excluding carboxylic acids is 2. The second-order valence-electron chi connectivity index (χ2n) is 6.64. The summed E-state index contributed by atoms with van der Waals surface area (Å²) in [7, 11) is 0. The topological polar surface area (TPSA) is 75.4 Å². The molecule has 1 N–H and O–H groups in total. The highest BCUT2D eigenvalue weighted by molar-refractivity contribution is 7.16. The predicted molar refractivity (Wildman–Crippen MR) is 109 cm³/mol. The molecule has 1 aliphatic rings. The first-order valence-electron chi connectivity index (χ1n) is 8.89. The van der Waals surface area contributed by atoms with E-state index in [4.69, 9.17) is 16.0 Å². The zero-order valence-corrected chi connectivity index (χ0v) is 16.7. The van der Waals surface area contributed by atoms with Crippen molar-refractivity contribution >= 4 is 45.6 Å². The number of halogens is 1. The quantitative estimate of drug-likeness (QED) is 0.621. The van der Waals surface area contributed by atoms with Gasteiger partial charge in [-0.3, -0.25) is 14.5 Å². The second kappa shape index (κ2) is 7.77. The van der Waals surface area contributed by atoms with Crippen LogP contribution in [-0.2, 0) is 11.3 Å². The van der Waals surface area contributed by atoms with Gasteiger partial charge in [0.2, 0.25) is 5.91 Å². The molecule has 3 aromatic rings. The van der Waals surface area contributed by atoms with Gasteiger partial charge in [0.25, 0.3) is 5.91 Å². The molecule has 6 nitrogen and oxygen atoms in total. The van der Waals surface area contributed by atoms with Crippen LogP contribution in [0.5, 0.6) is 0 Å². The van der Waals surface area contributed by atoms with Gasteiger partial charge in [0, 0.05) is 21.5 Å². The Bertz CT molecular complexity index is 994. The zero-order chi connectivity index (χ0) is 19.7. The number of aromatic nitrogens is 1. The average molecular weight is 416 g/mol. The van der Waals surface area contributed by atoms with Crippen LogP contribution < -0.4 is 10.2 Å². The van der Waals surface area contributed by atoms with Crippen LogP contribution in [0.3, 0.4) is 0 Å². The van der Waals surface area contributed by atoms with Gasteiger partial charge in [0.15, 0.2) is 5.13 Å². The summed E-state index contributed by atoms with van der Waals surface area (Å²) >= 11 is 7.21. The first-order chi connectivity index (χ1) is 13.5. The van der Waals surface area contributed by atoms with Crippen molar-refractivity contribution in [2.45, 2.75) is 26.3 Å². The fourth-order valence-electron chi connectivity index (χ4n) is 2.78. The highest BCUT2D eigenvalue weighted by atomic mass is 35.5. The van der Waals surface area contributed by atoms with Gasteiger partial charge < -0.3 is 9.73 Å².